The number of fused-ring (bicyclic) bond motifs is 1. The molecule has 0 aliphatic carbocycles. The van der Waals surface area contributed by atoms with Gasteiger partial charge < -0.3 is 5.11 Å². The zero-order chi connectivity index (χ0) is 18.1. The first-order valence-electron chi connectivity index (χ1n) is 9.40. The molecule has 0 saturated carbocycles. The predicted octanol–water partition coefficient (Wildman–Crippen LogP) is 2.14. The number of carbonyl (C=O) groups is 1. The van der Waals surface area contributed by atoms with Gasteiger partial charge in [0.05, 0.1) is 0 Å². The van der Waals surface area contributed by atoms with Gasteiger partial charge >= 0.3 is 5.97 Å². The minimum Gasteiger partial charge on any atom is -0.476 e. The molecule has 3 heterocycles. The van der Waals surface area contributed by atoms with Crippen LogP contribution in [0.2, 0.25) is 0 Å². The SMILES string of the molecule is Cn1nc(C(=O)O)c2c1CCN(C[C@H]1CCCN1Cc1ccccc1)C2. The Morgan fingerprint density at radius 2 is 2.08 bits per heavy atom. The smallest absolute Gasteiger partial charge is 0.356 e. The van der Waals surface area contributed by atoms with Crippen molar-refractivity contribution >= 4 is 5.97 Å². The second-order valence-corrected chi connectivity index (χ2v) is 7.44. The lowest BCUT2D eigenvalue weighted by Gasteiger charge is -2.33. The van der Waals surface area contributed by atoms with Crippen LogP contribution in [0.25, 0.3) is 0 Å². The highest BCUT2D eigenvalue weighted by molar-refractivity contribution is 5.87. The normalized spacial score (nSPS) is 21.0. The second-order valence-electron chi connectivity index (χ2n) is 7.44. The Bertz CT molecular complexity index is 787. The molecule has 1 fully saturated rings. The van der Waals surface area contributed by atoms with E-state index in [0.717, 1.165) is 43.9 Å². The predicted molar refractivity (Wildman–Crippen MR) is 99.0 cm³/mol. The van der Waals surface area contributed by atoms with Crippen molar-refractivity contribution in [2.45, 2.75) is 38.4 Å². The molecule has 0 unspecified atom stereocenters. The second kappa shape index (κ2) is 7.21. The van der Waals surface area contributed by atoms with E-state index in [0.29, 0.717) is 12.6 Å². The molecule has 6 nitrogen and oxygen atoms in total. The lowest BCUT2D eigenvalue weighted by atomic mass is 10.0. The van der Waals surface area contributed by atoms with Gasteiger partial charge in [-0.25, -0.2) is 4.79 Å². The molecule has 0 spiro atoms. The van der Waals surface area contributed by atoms with E-state index >= 15 is 0 Å². The Balaban J connectivity index is 1.44. The van der Waals surface area contributed by atoms with Crippen molar-refractivity contribution in [3.05, 3.63) is 52.8 Å². The first-order valence-corrected chi connectivity index (χ1v) is 9.40. The monoisotopic (exact) mass is 354 g/mol. The van der Waals surface area contributed by atoms with Crippen molar-refractivity contribution in [3.63, 3.8) is 0 Å². The Morgan fingerprint density at radius 1 is 1.27 bits per heavy atom. The van der Waals surface area contributed by atoms with Gasteiger partial charge in [-0.2, -0.15) is 5.10 Å². The summed E-state index contributed by atoms with van der Waals surface area (Å²) in [6.45, 7) is 4.81. The lowest BCUT2D eigenvalue weighted by Crippen LogP contribution is -2.42. The number of carboxylic acid groups (broad SMARTS) is 1. The number of aryl methyl sites for hydroxylation is 1. The molecule has 4 rings (SSSR count). The van der Waals surface area contributed by atoms with Gasteiger partial charge in [0.2, 0.25) is 0 Å². The van der Waals surface area contributed by atoms with Crippen molar-refractivity contribution in [2.24, 2.45) is 7.05 Å². The summed E-state index contributed by atoms with van der Waals surface area (Å²) in [5.41, 5.74) is 3.56. The van der Waals surface area contributed by atoms with E-state index in [2.05, 4.69) is 45.2 Å². The molecule has 0 radical (unpaired) electrons. The number of aromatic nitrogens is 2. The number of likely N-dealkylation sites (tertiary alicyclic amines) is 1. The van der Waals surface area contributed by atoms with Crippen molar-refractivity contribution < 1.29 is 9.90 Å². The quantitative estimate of drug-likeness (QED) is 0.891. The molecule has 26 heavy (non-hydrogen) atoms. The molecule has 2 aliphatic heterocycles. The van der Waals surface area contributed by atoms with Crippen LogP contribution in [-0.2, 0) is 26.6 Å². The molecule has 1 saturated heterocycles. The molecular formula is C20H26N4O2. The summed E-state index contributed by atoms with van der Waals surface area (Å²) in [5, 5.41) is 13.6. The maximum absolute atomic E-state index is 11.5. The molecule has 0 bridgehead atoms. The third-order valence-electron chi connectivity index (χ3n) is 5.72. The van der Waals surface area contributed by atoms with E-state index in [1.165, 1.54) is 18.4 Å². The summed E-state index contributed by atoms with van der Waals surface area (Å²) in [4.78, 5) is 16.5. The van der Waals surface area contributed by atoms with Crippen LogP contribution < -0.4 is 0 Å². The number of hydrogen-bond acceptors (Lipinski definition) is 4. The van der Waals surface area contributed by atoms with Crippen molar-refractivity contribution in [1.29, 1.82) is 0 Å². The van der Waals surface area contributed by atoms with E-state index in [1.54, 1.807) is 4.68 Å². The standard InChI is InChI=1S/C20H26N4O2/c1-22-18-9-11-23(14-17(18)19(21-22)20(25)26)13-16-8-5-10-24(16)12-15-6-3-2-4-7-15/h2-4,6-7,16H,5,8-14H2,1H3,(H,25,26)/t16-/m1/s1. The Kier molecular flexibility index (Phi) is 4.78. The summed E-state index contributed by atoms with van der Waals surface area (Å²) in [6, 6.07) is 11.2. The van der Waals surface area contributed by atoms with Crippen LogP contribution >= 0.6 is 0 Å². The molecule has 2 aromatic rings. The van der Waals surface area contributed by atoms with E-state index in [4.69, 9.17) is 0 Å². The highest BCUT2D eigenvalue weighted by atomic mass is 16.4. The Morgan fingerprint density at radius 3 is 2.85 bits per heavy atom. The van der Waals surface area contributed by atoms with Crippen LogP contribution in [0.4, 0.5) is 0 Å². The van der Waals surface area contributed by atoms with Crippen LogP contribution in [0.15, 0.2) is 30.3 Å². The number of benzene rings is 1. The van der Waals surface area contributed by atoms with Crippen LogP contribution in [0, 0.1) is 0 Å². The van der Waals surface area contributed by atoms with Gasteiger partial charge in [-0.05, 0) is 24.9 Å². The molecular weight excluding hydrogens is 328 g/mol. The fourth-order valence-corrected chi connectivity index (χ4v) is 4.40. The van der Waals surface area contributed by atoms with Crippen LogP contribution in [0.3, 0.4) is 0 Å². The van der Waals surface area contributed by atoms with Crippen molar-refractivity contribution in [3.8, 4) is 0 Å². The third-order valence-corrected chi connectivity index (χ3v) is 5.72. The first kappa shape index (κ1) is 17.2. The average Bonchev–Trinajstić information content (AvgIpc) is 3.20. The molecule has 6 heteroatoms. The lowest BCUT2D eigenvalue weighted by molar-refractivity contribution is 0.0686. The van der Waals surface area contributed by atoms with Crippen molar-refractivity contribution in [2.75, 3.05) is 19.6 Å². The molecule has 1 aromatic carbocycles. The number of rotatable bonds is 5. The highest BCUT2D eigenvalue weighted by Crippen LogP contribution is 2.26. The van der Waals surface area contributed by atoms with Gasteiger partial charge in [-0.1, -0.05) is 30.3 Å². The Hall–Kier alpha value is -2.18. The topological polar surface area (TPSA) is 61.6 Å². The average molecular weight is 354 g/mol. The third kappa shape index (κ3) is 3.39. The summed E-state index contributed by atoms with van der Waals surface area (Å²) in [7, 11) is 1.85. The van der Waals surface area contributed by atoms with Gasteiger partial charge in [-0.3, -0.25) is 14.5 Å². The summed E-state index contributed by atoms with van der Waals surface area (Å²) in [5.74, 6) is -0.921. The number of aromatic carboxylic acids is 1. The molecule has 0 amide bonds. The van der Waals surface area contributed by atoms with Gasteiger partial charge in [0.25, 0.3) is 0 Å². The fraction of sp³-hybridized carbons (Fsp3) is 0.500. The van der Waals surface area contributed by atoms with Gasteiger partial charge in [0.15, 0.2) is 5.69 Å². The largest absolute Gasteiger partial charge is 0.476 e. The molecule has 138 valence electrons. The van der Waals surface area contributed by atoms with Gasteiger partial charge in [0.1, 0.15) is 0 Å². The van der Waals surface area contributed by atoms with E-state index in [-0.39, 0.29) is 5.69 Å². The van der Waals surface area contributed by atoms with Crippen LogP contribution in [0.5, 0.6) is 0 Å². The fourth-order valence-electron chi connectivity index (χ4n) is 4.40. The zero-order valence-corrected chi connectivity index (χ0v) is 15.3. The van der Waals surface area contributed by atoms with E-state index in [1.807, 2.05) is 7.05 Å². The minimum absolute atomic E-state index is 0.222. The van der Waals surface area contributed by atoms with E-state index < -0.39 is 5.97 Å². The molecule has 2 aliphatic rings. The van der Waals surface area contributed by atoms with E-state index in [9.17, 15) is 9.90 Å². The van der Waals surface area contributed by atoms with Crippen LogP contribution in [0.1, 0.15) is 40.2 Å². The number of nitrogens with zero attached hydrogens (tertiary/aromatic N) is 4. The van der Waals surface area contributed by atoms with Crippen molar-refractivity contribution in [1.82, 2.24) is 19.6 Å². The Labute approximate surface area is 154 Å². The highest BCUT2D eigenvalue weighted by Gasteiger charge is 2.31. The number of hydrogen-bond donors (Lipinski definition) is 1. The van der Waals surface area contributed by atoms with Crippen LogP contribution in [-0.4, -0.2) is 56.3 Å². The minimum atomic E-state index is -0.921. The van der Waals surface area contributed by atoms with Gasteiger partial charge in [0, 0.05) is 56.9 Å². The zero-order valence-electron chi connectivity index (χ0n) is 15.3. The summed E-state index contributed by atoms with van der Waals surface area (Å²) < 4.78 is 1.74. The maximum atomic E-state index is 11.5. The van der Waals surface area contributed by atoms with Gasteiger partial charge in [-0.15, -0.1) is 0 Å². The maximum Gasteiger partial charge on any atom is 0.356 e. The summed E-state index contributed by atoms with van der Waals surface area (Å²) >= 11 is 0. The molecule has 1 N–H and O–H groups in total. The number of carboxylic acids is 1. The first-order chi connectivity index (χ1) is 12.6. The summed E-state index contributed by atoms with van der Waals surface area (Å²) in [6.07, 6.45) is 3.33. The molecule has 1 aromatic heterocycles. The molecule has 1 atom stereocenters.